The van der Waals surface area contributed by atoms with Crippen molar-refractivity contribution in [2.75, 3.05) is 25.9 Å². The Morgan fingerprint density at radius 1 is 1.40 bits per heavy atom. The fraction of sp³-hybridized carbons (Fsp3) is 0.467. The summed E-state index contributed by atoms with van der Waals surface area (Å²) in [5, 5.41) is 0. The van der Waals surface area contributed by atoms with E-state index in [9.17, 15) is 9.59 Å². The number of rotatable bonds is 2. The molecule has 5 heteroatoms. The minimum absolute atomic E-state index is 0.103. The van der Waals surface area contributed by atoms with Crippen LogP contribution in [-0.2, 0) is 9.53 Å². The molecule has 0 radical (unpaired) electrons. The highest BCUT2D eigenvalue weighted by Crippen LogP contribution is 2.23. The highest BCUT2D eigenvalue weighted by atomic mass is 16.5. The highest BCUT2D eigenvalue weighted by molar-refractivity contribution is 6.00. The third-order valence-electron chi connectivity index (χ3n) is 3.76. The molecular weight excluding hydrogens is 256 g/mol. The Morgan fingerprint density at radius 3 is 2.80 bits per heavy atom. The number of aryl methyl sites for hydroxylation is 1. The van der Waals surface area contributed by atoms with Crippen molar-refractivity contribution < 1.29 is 14.3 Å². The van der Waals surface area contributed by atoms with Gasteiger partial charge in [-0.05, 0) is 31.4 Å². The van der Waals surface area contributed by atoms with E-state index in [1.807, 2.05) is 19.1 Å². The minimum atomic E-state index is -0.250. The molecule has 20 heavy (non-hydrogen) atoms. The molecule has 2 N–H and O–H groups in total. The first-order chi connectivity index (χ1) is 9.54. The second kappa shape index (κ2) is 5.94. The minimum Gasteiger partial charge on any atom is -0.469 e. The average molecular weight is 276 g/mol. The van der Waals surface area contributed by atoms with Gasteiger partial charge in [-0.15, -0.1) is 0 Å². The number of methoxy groups -OCH3 is 1. The number of nitrogen functional groups attached to an aromatic ring is 1. The van der Waals surface area contributed by atoms with Gasteiger partial charge in [0.05, 0.1) is 18.6 Å². The summed E-state index contributed by atoms with van der Waals surface area (Å²) in [6.45, 7) is 2.92. The molecule has 1 amide bonds. The molecule has 0 aliphatic carbocycles. The van der Waals surface area contributed by atoms with E-state index in [0.717, 1.165) is 18.4 Å². The van der Waals surface area contributed by atoms with Crippen molar-refractivity contribution in [3.8, 4) is 0 Å². The standard InChI is InChI=1S/C15H20N2O3/c1-10-5-3-7-12(16)13(10)14(18)17-8-4-6-11(9-17)15(19)20-2/h3,5,7,11H,4,6,8-9,16H2,1-2H3. The van der Waals surface area contributed by atoms with Crippen LogP contribution < -0.4 is 5.73 Å². The fourth-order valence-corrected chi connectivity index (χ4v) is 2.66. The molecular formula is C15H20N2O3. The van der Waals surface area contributed by atoms with Gasteiger partial charge in [0.15, 0.2) is 0 Å². The van der Waals surface area contributed by atoms with Gasteiger partial charge in [-0.1, -0.05) is 12.1 Å². The van der Waals surface area contributed by atoms with Gasteiger partial charge in [0.2, 0.25) is 0 Å². The van der Waals surface area contributed by atoms with Crippen molar-refractivity contribution in [3.05, 3.63) is 29.3 Å². The summed E-state index contributed by atoms with van der Waals surface area (Å²) in [5.41, 5.74) is 7.79. The highest BCUT2D eigenvalue weighted by Gasteiger charge is 2.30. The largest absolute Gasteiger partial charge is 0.469 e. The molecule has 0 bridgehead atoms. The molecule has 5 nitrogen and oxygen atoms in total. The zero-order valence-corrected chi connectivity index (χ0v) is 11.9. The number of nitrogens with two attached hydrogens (primary N) is 1. The van der Waals surface area contributed by atoms with Gasteiger partial charge in [-0.25, -0.2) is 0 Å². The van der Waals surface area contributed by atoms with E-state index >= 15 is 0 Å². The quantitative estimate of drug-likeness (QED) is 0.658. The second-order valence-corrected chi connectivity index (χ2v) is 5.15. The molecule has 0 spiro atoms. The number of hydrogen-bond donors (Lipinski definition) is 1. The van der Waals surface area contributed by atoms with Gasteiger partial charge in [-0.2, -0.15) is 0 Å². The fourth-order valence-electron chi connectivity index (χ4n) is 2.66. The summed E-state index contributed by atoms with van der Waals surface area (Å²) in [4.78, 5) is 25.9. The second-order valence-electron chi connectivity index (χ2n) is 5.15. The maximum Gasteiger partial charge on any atom is 0.310 e. The van der Waals surface area contributed by atoms with Gasteiger partial charge in [-0.3, -0.25) is 9.59 Å². The number of ether oxygens (including phenoxy) is 1. The third kappa shape index (κ3) is 2.76. The van der Waals surface area contributed by atoms with Crippen LogP contribution in [0.2, 0.25) is 0 Å². The molecule has 1 aliphatic rings. The number of benzene rings is 1. The van der Waals surface area contributed by atoms with Gasteiger partial charge < -0.3 is 15.4 Å². The maximum absolute atomic E-state index is 12.6. The molecule has 1 fully saturated rings. The molecule has 1 atom stereocenters. The topological polar surface area (TPSA) is 72.6 Å². The summed E-state index contributed by atoms with van der Waals surface area (Å²) < 4.78 is 4.77. The molecule has 1 aromatic rings. The first-order valence-corrected chi connectivity index (χ1v) is 6.76. The van der Waals surface area contributed by atoms with Crippen LogP contribution in [0.1, 0.15) is 28.8 Å². The lowest BCUT2D eigenvalue weighted by Crippen LogP contribution is -2.43. The Morgan fingerprint density at radius 2 is 2.15 bits per heavy atom. The van der Waals surface area contributed by atoms with Crippen LogP contribution in [0.25, 0.3) is 0 Å². The number of carbonyl (C=O) groups excluding carboxylic acids is 2. The van der Waals surface area contributed by atoms with Crippen molar-refractivity contribution in [2.45, 2.75) is 19.8 Å². The van der Waals surface area contributed by atoms with Crippen molar-refractivity contribution in [2.24, 2.45) is 5.92 Å². The molecule has 1 aromatic carbocycles. The van der Waals surface area contributed by atoms with E-state index in [2.05, 4.69) is 0 Å². The van der Waals surface area contributed by atoms with Crippen LogP contribution in [0.15, 0.2) is 18.2 Å². The number of esters is 1. The van der Waals surface area contributed by atoms with Gasteiger partial charge in [0.1, 0.15) is 0 Å². The van der Waals surface area contributed by atoms with E-state index in [1.54, 1.807) is 11.0 Å². The number of anilines is 1. The summed E-state index contributed by atoms with van der Waals surface area (Å²) in [6.07, 6.45) is 1.57. The molecule has 1 heterocycles. The van der Waals surface area contributed by atoms with Crippen molar-refractivity contribution >= 4 is 17.6 Å². The Bertz CT molecular complexity index is 508. The zero-order chi connectivity index (χ0) is 14.7. The van der Waals surface area contributed by atoms with E-state index < -0.39 is 0 Å². The lowest BCUT2D eigenvalue weighted by Gasteiger charge is -2.32. The van der Waals surface area contributed by atoms with E-state index in [1.165, 1.54) is 7.11 Å². The molecule has 108 valence electrons. The summed E-state index contributed by atoms with van der Waals surface area (Å²) in [7, 11) is 1.38. The van der Waals surface area contributed by atoms with E-state index in [-0.39, 0.29) is 17.8 Å². The SMILES string of the molecule is COC(=O)C1CCCN(C(=O)c2c(C)cccc2N)C1. The first kappa shape index (κ1) is 14.4. The van der Waals surface area contributed by atoms with Crippen LogP contribution in [0, 0.1) is 12.8 Å². The Kier molecular flexibility index (Phi) is 4.27. The monoisotopic (exact) mass is 276 g/mol. The van der Waals surface area contributed by atoms with E-state index in [0.29, 0.717) is 24.3 Å². The maximum atomic E-state index is 12.6. The number of carbonyl (C=O) groups is 2. The number of hydrogen-bond acceptors (Lipinski definition) is 4. The molecule has 2 rings (SSSR count). The third-order valence-corrected chi connectivity index (χ3v) is 3.76. The number of nitrogens with zero attached hydrogens (tertiary/aromatic N) is 1. The smallest absolute Gasteiger partial charge is 0.310 e. The Balaban J connectivity index is 2.19. The van der Waals surface area contributed by atoms with Crippen molar-refractivity contribution in [1.29, 1.82) is 0 Å². The summed E-state index contributed by atoms with van der Waals surface area (Å²) in [5.74, 6) is -0.586. The number of amides is 1. The van der Waals surface area contributed by atoms with Crippen LogP contribution in [0.4, 0.5) is 5.69 Å². The molecule has 1 aliphatic heterocycles. The van der Waals surface area contributed by atoms with Crippen molar-refractivity contribution in [3.63, 3.8) is 0 Å². The van der Waals surface area contributed by atoms with Crippen LogP contribution in [-0.4, -0.2) is 37.0 Å². The zero-order valence-electron chi connectivity index (χ0n) is 11.9. The van der Waals surface area contributed by atoms with Crippen LogP contribution >= 0.6 is 0 Å². The van der Waals surface area contributed by atoms with Crippen molar-refractivity contribution in [1.82, 2.24) is 4.90 Å². The van der Waals surface area contributed by atoms with Crippen LogP contribution in [0.5, 0.6) is 0 Å². The first-order valence-electron chi connectivity index (χ1n) is 6.76. The van der Waals surface area contributed by atoms with Gasteiger partial charge in [0.25, 0.3) is 5.91 Å². The number of likely N-dealkylation sites (tertiary alicyclic amines) is 1. The molecule has 0 aromatic heterocycles. The molecule has 1 saturated heterocycles. The Labute approximate surface area is 118 Å². The summed E-state index contributed by atoms with van der Waals surface area (Å²) in [6, 6.07) is 5.42. The molecule has 0 saturated carbocycles. The average Bonchev–Trinajstić information content (AvgIpc) is 2.46. The summed E-state index contributed by atoms with van der Waals surface area (Å²) >= 11 is 0. The predicted molar refractivity (Wildman–Crippen MR) is 76.2 cm³/mol. The lowest BCUT2D eigenvalue weighted by atomic mass is 9.96. The van der Waals surface area contributed by atoms with E-state index in [4.69, 9.17) is 10.5 Å². The van der Waals surface area contributed by atoms with Crippen LogP contribution in [0.3, 0.4) is 0 Å². The molecule has 1 unspecified atom stereocenters. The van der Waals surface area contributed by atoms with Gasteiger partial charge >= 0.3 is 5.97 Å². The Hall–Kier alpha value is -2.04. The normalized spacial score (nSPS) is 18.7. The number of piperidine rings is 1. The van der Waals surface area contributed by atoms with Gasteiger partial charge in [0, 0.05) is 18.8 Å². The lowest BCUT2D eigenvalue weighted by molar-refractivity contribution is -0.146. The predicted octanol–water partition coefficient (Wildman–Crippen LogP) is 1.60.